The van der Waals surface area contributed by atoms with Gasteiger partial charge in [-0.05, 0) is 24.3 Å². The standard InChI is InChI=1S/C16H12ClNO4/c17-7-1-3-8(4-2-7)18-15(21)13-9-5-11(19)10(6-12(9)20)14(13)16(18)22/h1-4,9-10,13-14H,5-6H2/t9-,10-,13-,14-/m1/s1. The lowest BCUT2D eigenvalue weighted by Gasteiger charge is -2.40. The molecule has 0 spiro atoms. The van der Waals surface area contributed by atoms with E-state index in [0.717, 1.165) is 4.90 Å². The minimum atomic E-state index is -0.674. The van der Waals surface area contributed by atoms with Crippen molar-refractivity contribution in [2.45, 2.75) is 12.8 Å². The summed E-state index contributed by atoms with van der Waals surface area (Å²) in [5, 5.41) is 0.505. The third-order valence-electron chi connectivity index (χ3n) is 5.02. The van der Waals surface area contributed by atoms with Gasteiger partial charge in [0, 0.05) is 29.7 Å². The highest BCUT2D eigenvalue weighted by atomic mass is 35.5. The van der Waals surface area contributed by atoms with Crippen LogP contribution in [0.3, 0.4) is 0 Å². The van der Waals surface area contributed by atoms with Crippen molar-refractivity contribution in [3.05, 3.63) is 29.3 Å². The highest BCUT2D eigenvalue weighted by molar-refractivity contribution is 6.31. The molecule has 1 saturated heterocycles. The van der Waals surface area contributed by atoms with Gasteiger partial charge < -0.3 is 0 Å². The summed E-state index contributed by atoms with van der Waals surface area (Å²) in [5.41, 5.74) is 0.438. The SMILES string of the molecule is O=C1C[C@@H]2C(=O)C[C@H]1[C@H]1C(=O)N(c3ccc(Cl)cc3)C(=O)[C@@H]12. The molecule has 1 aliphatic heterocycles. The molecule has 2 bridgehead atoms. The number of rotatable bonds is 1. The predicted molar refractivity (Wildman–Crippen MR) is 77.2 cm³/mol. The molecule has 2 amide bonds. The van der Waals surface area contributed by atoms with E-state index in [0.29, 0.717) is 10.7 Å². The molecule has 0 radical (unpaired) electrons. The van der Waals surface area contributed by atoms with E-state index in [1.165, 1.54) is 0 Å². The maximum absolute atomic E-state index is 12.7. The lowest BCUT2D eigenvalue weighted by atomic mass is 9.58. The quantitative estimate of drug-likeness (QED) is 0.738. The van der Waals surface area contributed by atoms with Gasteiger partial charge in [-0.15, -0.1) is 0 Å². The number of Topliss-reactive ketones (excluding diaryl/α,β-unsaturated/α-hetero) is 2. The minimum absolute atomic E-state index is 0.0649. The first kappa shape index (κ1) is 13.6. The van der Waals surface area contributed by atoms with Crippen molar-refractivity contribution in [1.29, 1.82) is 0 Å². The van der Waals surface area contributed by atoms with Crippen molar-refractivity contribution < 1.29 is 19.2 Å². The van der Waals surface area contributed by atoms with Gasteiger partial charge in [-0.1, -0.05) is 11.6 Å². The topological polar surface area (TPSA) is 71.5 Å². The summed E-state index contributed by atoms with van der Waals surface area (Å²) in [4.78, 5) is 50.6. The van der Waals surface area contributed by atoms with E-state index in [-0.39, 0.29) is 36.2 Å². The maximum Gasteiger partial charge on any atom is 0.238 e. The average Bonchev–Trinajstić information content (AvgIpc) is 2.75. The van der Waals surface area contributed by atoms with E-state index in [4.69, 9.17) is 11.6 Å². The number of imide groups is 1. The number of nitrogens with zero attached hydrogens (tertiary/aromatic N) is 1. The first-order chi connectivity index (χ1) is 10.5. The first-order valence-electron chi connectivity index (χ1n) is 7.18. The van der Waals surface area contributed by atoms with E-state index in [1.807, 2.05) is 0 Å². The molecule has 1 heterocycles. The van der Waals surface area contributed by atoms with Crippen molar-refractivity contribution >= 4 is 40.7 Å². The predicted octanol–water partition coefficient (Wildman–Crippen LogP) is 1.62. The highest BCUT2D eigenvalue weighted by Gasteiger charge is 2.63. The fourth-order valence-electron chi connectivity index (χ4n) is 4.02. The molecule has 1 aromatic carbocycles. The molecule has 0 aromatic heterocycles. The first-order valence-corrected chi connectivity index (χ1v) is 7.55. The Morgan fingerprint density at radius 3 is 1.73 bits per heavy atom. The molecule has 4 atom stereocenters. The Hall–Kier alpha value is -2.01. The molecule has 1 aromatic rings. The molecule has 3 saturated carbocycles. The third kappa shape index (κ3) is 1.66. The number of hydrogen-bond donors (Lipinski definition) is 0. The van der Waals surface area contributed by atoms with Gasteiger partial charge in [-0.3, -0.25) is 24.1 Å². The molecule has 22 heavy (non-hydrogen) atoms. The number of halogens is 1. The van der Waals surface area contributed by atoms with Crippen molar-refractivity contribution in [3.63, 3.8) is 0 Å². The third-order valence-corrected chi connectivity index (χ3v) is 5.27. The van der Waals surface area contributed by atoms with E-state index < -0.39 is 23.7 Å². The molecule has 0 N–H and O–H groups in total. The monoisotopic (exact) mass is 317 g/mol. The number of carbonyl (C=O) groups is 4. The summed E-state index contributed by atoms with van der Waals surface area (Å²) < 4.78 is 0. The zero-order chi connectivity index (χ0) is 15.6. The summed E-state index contributed by atoms with van der Waals surface area (Å²) in [7, 11) is 0. The number of ketones is 2. The summed E-state index contributed by atoms with van der Waals surface area (Å²) in [6, 6.07) is 6.40. The lowest BCUT2D eigenvalue weighted by Crippen LogP contribution is -2.51. The number of amides is 2. The molecular formula is C16H12ClNO4. The van der Waals surface area contributed by atoms with Gasteiger partial charge >= 0.3 is 0 Å². The van der Waals surface area contributed by atoms with Crippen LogP contribution in [-0.4, -0.2) is 23.4 Å². The number of fused-ring (bicyclic) bond motifs is 2. The van der Waals surface area contributed by atoms with E-state index >= 15 is 0 Å². The molecule has 4 fully saturated rings. The van der Waals surface area contributed by atoms with E-state index in [2.05, 4.69) is 0 Å². The van der Waals surface area contributed by atoms with Crippen LogP contribution in [0.4, 0.5) is 5.69 Å². The summed E-state index contributed by atoms with van der Waals surface area (Å²) in [6.07, 6.45) is 0.191. The second kappa shape index (κ2) is 4.49. The maximum atomic E-state index is 12.7. The van der Waals surface area contributed by atoms with Crippen molar-refractivity contribution in [3.8, 4) is 0 Å². The van der Waals surface area contributed by atoms with Gasteiger partial charge in [0.1, 0.15) is 11.6 Å². The van der Waals surface area contributed by atoms with Gasteiger partial charge in [0.15, 0.2) is 0 Å². The lowest BCUT2D eigenvalue weighted by molar-refractivity contribution is -0.153. The second-order valence-electron chi connectivity index (χ2n) is 6.09. The van der Waals surface area contributed by atoms with Crippen LogP contribution >= 0.6 is 11.6 Å². The highest BCUT2D eigenvalue weighted by Crippen LogP contribution is 2.50. The van der Waals surface area contributed by atoms with Crippen LogP contribution in [-0.2, 0) is 19.2 Å². The zero-order valence-electron chi connectivity index (χ0n) is 11.5. The minimum Gasteiger partial charge on any atom is -0.299 e. The van der Waals surface area contributed by atoms with Crippen LogP contribution < -0.4 is 4.90 Å². The number of benzene rings is 1. The van der Waals surface area contributed by atoms with Crippen LogP contribution in [0.5, 0.6) is 0 Å². The Morgan fingerprint density at radius 2 is 1.27 bits per heavy atom. The number of carbonyl (C=O) groups excluding carboxylic acids is 4. The molecular weight excluding hydrogens is 306 g/mol. The van der Waals surface area contributed by atoms with Crippen LogP contribution in [0.15, 0.2) is 24.3 Å². The summed E-state index contributed by atoms with van der Waals surface area (Å²) in [6.45, 7) is 0. The second-order valence-corrected chi connectivity index (χ2v) is 6.53. The smallest absolute Gasteiger partial charge is 0.238 e. The van der Waals surface area contributed by atoms with Crippen LogP contribution in [0.25, 0.3) is 0 Å². The molecule has 0 unspecified atom stereocenters. The van der Waals surface area contributed by atoms with Gasteiger partial charge in [0.2, 0.25) is 11.8 Å². The zero-order valence-corrected chi connectivity index (χ0v) is 12.2. The Balaban J connectivity index is 1.78. The Morgan fingerprint density at radius 1 is 0.818 bits per heavy atom. The normalized spacial score (nSPS) is 33.6. The van der Waals surface area contributed by atoms with Gasteiger partial charge in [0.05, 0.1) is 17.5 Å². The molecule has 5 rings (SSSR count). The fraction of sp³-hybridized carbons (Fsp3) is 0.375. The van der Waals surface area contributed by atoms with E-state index in [9.17, 15) is 19.2 Å². The molecule has 6 heteroatoms. The van der Waals surface area contributed by atoms with Crippen LogP contribution in [0.1, 0.15) is 12.8 Å². The van der Waals surface area contributed by atoms with Crippen LogP contribution in [0, 0.1) is 23.7 Å². The van der Waals surface area contributed by atoms with Crippen molar-refractivity contribution in [1.82, 2.24) is 0 Å². The van der Waals surface area contributed by atoms with Crippen molar-refractivity contribution in [2.24, 2.45) is 23.7 Å². The van der Waals surface area contributed by atoms with Gasteiger partial charge in [0.25, 0.3) is 0 Å². The van der Waals surface area contributed by atoms with Gasteiger partial charge in [-0.2, -0.15) is 0 Å². The molecule has 5 nitrogen and oxygen atoms in total. The van der Waals surface area contributed by atoms with Crippen molar-refractivity contribution in [2.75, 3.05) is 4.90 Å². The molecule has 3 aliphatic carbocycles. The van der Waals surface area contributed by atoms with Gasteiger partial charge in [-0.25, -0.2) is 0 Å². The Labute approximate surface area is 131 Å². The Bertz CT molecular complexity index is 686. The number of hydrogen-bond acceptors (Lipinski definition) is 4. The Kier molecular flexibility index (Phi) is 2.78. The molecule has 4 aliphatic rings. The largest absolute Gasteiger partial charge is 0.299 e. The molecule has 112 valence electrons. The number of anilines is 1. The average molecular weight is 318 g/mol. The van der Waals surface area contributed by atoms with Crippen LogP contribution in [0.2, 0.25) is 5.02 Å². The van der Waals surface area contributed by atoms with E-state index in [1.54, 1.807) is 24.3 Å². The fourth-order valence-corrected chi connectivity index (χ4v) is 4.15. The summed E-state index contributed by atoms with van der Waals surface area (Å²) >= 11 is 5.83. The summed E-state index contributed by atoms with van der Waals surface area (Å²) in [5.74, 6) is -3.47.